The van der Waals surface area contributed by atoms with Crippen LogP contribution in [0.1, 0.15) is 29.7 Å². The van der Waals surface area contributed by atoms with Crippen molar-refractivity contribution in [3.8, 4) is 5.75 Å². The summed E-state index contributed by atoms with van der Waals surface area (Å²) in [5, 5.41) is 3.36. The van der Waals surface area contributed by atoms with Crippen molar-refractivity contribution in [3.05, 3.63) is 65.0 Å². The van der Waals surface area contributed by atoms with E-state index < -0.39 is 0 Å². The van der Waals surface area contributed by atoms with Crippen molar-refractivity contribution in [2.24, 2.45) is 0 Å². The van der Waals surface area contributed by atoms with Crippen molar-refractivity contribution in [3.63, 3.8) is 0 Å². The van der Waals surface area contributed by atoms with E-state index in [0.717, 1.165) is 13.0 Å². The lowest BCUT2D eigenvalue weighted by Crippen LogP contribution is -2.24. The minimum absolute atomic E-state index is 0.0622. The number of halogens is 1. The summed E-state index contributed by atoms with van der Waals surface area (Å²) in [5.74, 6) is 0.0115. The number of benzene rings is 2. The molecule has 2 nitrogen and oxygen atoms in total. The highest BCUT2D eigenvalue weighted by atomic mass is 19.1. The molecule has 0 saturated heterocycles. The molecule has 0 bridgehead atoms. The Hall–Kier alpha value is -1.87. The SMILES string of the molecule is CCNC(Cc1ccc(C)cc1)c1cccc(OC)c1F. The third-order valence-corrected chi connectivity index (χ3v) is 3.60. The maximum absolute atomic E-state index is 14.4. The molecular weight excluding hydrogens is 265 g/mol. The van der Waals surface area contributed by atoms with Crippen LogP contribution < -0.4 is 10.1 Å². The minimum atomic E-state index is -0.280. The van der Waals surface area contributed by atoms with Gasteiger partial charge in [-0.05, 0) is 31.5 Å². The van der Waals surface area contributed by atoms with E-state index in [1.165, 1.54) is 18.2 Å². The highest BCUT2D eigenvalue weighted by Gasteiger charge is 2.18. The Bertz CT molecular complexity index is 580. The molecule has 2 aromatic carbocycles. The first-order chi connectivity index (χ1) is 10.2. The molecule has 0 fully saturated rings. The summed E-state index contributed by atoms with van der Waals surface area (Å²) in [6.07, 6.45) is 0.748. The van der Waals surface area contributed by atoms with Crippen molar-refractivity contribution >= 4 is 0 Å². The molecule has 1 atom stereocenters. The summed E-state index contributed by atoms with van der Waals surface area (Å²) in [6, 6.07) is 13.6. The third kappa shape index (κ3) is 3.82. The van der Waals surface area contributed by atoms with Gasteiger partial charge in [-0.2, -0.15) is 0 Å². The zero-order valence-corrected chi connectivity index (χ0v) is 12.8. The molecule has 0 aliphatic heterocycles. The van der Waals surface area contributed by atoms with Gasteiger partial charge in [0.15, 0.2) is 11.6 Å². The van der Waals surface area contributed by atoms with Crippen LogP contribution >= 0.6 is 0 Å². The van der Waals surface area contributed by atoms with E-state index in [1.807, 2.05) is 19.1 Å². The van der Waals surface area contributed by atoms with E-state index in [0.29, 0.717) is 11.3 Å². The van der Waals surface area contributed by atoms with E-state index >= 15 is 0 Å². The van der Waals surface area contributed by atoms with E-state index in [2.05, 4.69) is 36.5 Å². The number of hydrogen-bond acceptors (Lipinski definition) is 2. The molecule has 0 aliphatic rings. The molecule has 3 heteroatoms. The van der Waals surface area contributed by atoms with Crippen LogP contribution in [-0.4, -0.2) is 13.7 Å². The van der Waals surface area contributed by atoms with Crippen LogP contribution in [0.5, 0.6) is 5.75 Å². The molecule has 1 N–H and O–H groups in total. The predicted octanol–water partition coefficient (Wildman–Crippen LogP) is 4.04. The van der Waals surface area contributed by atoms with Crippen molar-refractivity contribution in [2.75, 3.05) is 13.7 Å². The zero-order chi connectivity index (χ0) is 15.2. The summed E-state index contributed by atoms with van der Waals surface area (Å²) in [4.78, 5) is 0. The highest BCUT2D eigenvalue weighted by Crippen LogP contribution is 2.27. The fourth-order valence-electron chi connectivity index (χ4n) is 2.45. The summed E-state index contributed by atoms with van der Waals surface area (Å²) in [6.45, 7) is 4.88. The van der Waals surface area contributed by atoms with Crippen molar-refractivity contribution in [1.29, 1.82) is 0 Å². The Balaban J connectivity index is 2.28. The van der Waals surface area contributed by atoms with Gasteiger partial charge in [0.2, 0.25) is 0 Å². The highest BCUT2D eigenvalue weighted by molar-refractivity contribution is 5.34. The van der Waals surface area contributed by atoms with Gasteiger partial charge in [-0.3, -0.25) is 0 Å². The molecule has 21 heavy (non-hydrogen) atoms. The van der Waals surface area contributed by atoms with Crippen LogP contribution in [0.25, 0.3) is 0 Å². The number of methoxy groups -OCH3 is 1. The molecule has 0 radical (unpaired) electrons. The quantitative estimate of drug-likeness (QED) is 0.866. The lowest BCUT2D eigenvalue weighted by molar-refractivity contribution is 0.379. The van der Waals surface area contributed by atoms with Gasteiger partial charge in [0.1, 0.15) is 0 Å². The monoisotopic (exact) mass is 287 g/mol. The standard InChI is InChI=1S/C18H22FNO/c1-4-20-16(12-14-10-8-13(2)9-11-14)15-6-5-7-17(21-3)18(15)19/h5-11,16,20H,4,12H2,1-3H3. The van der Waals surface area contributed by atoms with E-state index in [-0.39, 0.29) is 11.9 Å². The predicted molar refractivity (Wildman–Crippen MR) is 84.3 cm³/mol. The zero-order valence-electron chi connectivity index (χ0n) is 12.8. The maximum atomic E-state index is 14.4. The second-order valence-electron chi connectivity index (χ2n) is 5.16. The normalized spacial score (nSPS) is 12.2. The minimum Gasteiger partial charge on any atom is -0.494 e. The largest absolute Gasteiger partial charge is 0.494 e. The van der Waals surface area contributed by atoms with Crippen molar-refractivity contribution in [2.45, 2.75) is 26.3 Å². The van der Waals surface area contributed by atoms with Crippen LogP contribution in [0.3, 0.4) is 0 Å². The van der Waals surface area contributed by atoms with Crippen LogP contribution in [0, 0.1) is 12.7 Å². The van der Waals surface area contributed by atoms with Gasteiger partial charge in [-0.25, -0.2) is 4.39 Å². The van der Waals surface area contributed by atoms with Crippen LogP contribution in [-0.2, 0) is 6.42 Å². The van der Waals surface area contributed by atoms with Gasteiger partial charge in [0.05, 0.1) is 7.11 Å². The molecule has 0 aromatic heterocycles. The van der Waals surface area contributed by atoms with Crippen molar-refractivity contribution in [1.82, 2.24) is 5.32 Å². The lowest BCUT2D eigenvalue weighted by atomic mass is 9.97. The fourth-order valence-corrected chi connectivity index (χ4v) is 2.45. The molecular formula is C18H22FNO. The van der Waals surface area contributed by atoms with E-state index in [9.17, 15) is 4.39 Å². The van der Waals surface area contributed by atoms with Crippen LogP contribution in [0.4, 0.5) is 4.39 Å². The van der Waals surface area contributed by atoms with Gasteiger partial charge in [-0.15, -0.1) is 0 Å². The number of likely N-dealkylation sites (N-methyl/N-ethyl adjacent to an activating group) is 1. The van der Waals surface area contributed by atoms with Gasteiger partial charge in [0, 0.05) is 11.6 Å². The van der Waals surface area contributed by atoms with Crippen LogP contribution in [0.2, 0.25) is 0 Å². The summed E-state index contributed by atoms with van der Waals surface area (Å²) in [5.41, 5.74) is 3.07. The number of hydrogen-bond donors (Lipinski definition) is 1. The Morgan fingerprint density at radius 1 is 1.14 bits per heavy atom. The molecule has 112 valence electrons. The summed E-state index contributed by atoms with van der Waals surface area (Å²) < 4.78 is 19.5. The molecule has 0 heterocycles. The average molecular weight is 287 g/mol. The number of rotatable bonds is 6. The fraction of sp³-hybridized carbons (Fsp3) is 0.333. The molecule has 1 unspecified atom stereocenters. The van der Waals surface area contributed by atoms with Gasteiger partial charge >= 0.3 is 0 Å². The number of aryl methyl sites for hydroxylation is 1. The van der Waals surface area contributed by atoms with Gasteiger partial charge in [-0.1, -0.05) is 48.9 Å². The van der Waals surface area contributed by atoms with Gasteiger partial charge in [0.25, 0.3) is 0 Å². The number of ether oxygens (including phenoxy) is 1. The van der Waals surface area contributed by atoms with Crippen LogP contribution in [0.15, 0.2) is 42.5 Å². The number of nitrogens with one attached hydrogen (secondary N) is 1. The van der Waals surface area contributed by atoms with E-state index in [1.54, 1.807) is 6.07 Å². The molecule has 0 saturated carbocycles. The topological polar surface area (TPSA) is 21.3 Å². The van der Waals surface area contributed by atoms with E-state index in [4.69, 9.17) is 4.74 Å². The van der Waals surface area contributed by atoms with Crippen molar-refractivity contribution < 1.29 is 9.13 Å². The third-order valence-electron chi connectivity index (χ3n) is 3.60. The Kier molecular flexibility index (Phi) is 5.34. The smallest absolute Gasteiger partial charge is 0.169 e. The second kappa shape index (κ2) is 7.23. The molecule has 0 amide bonds. The first-order valence-corrected chi connectivity index (χ1v) is 7.27. The Labute approximate surface area is 126 Å². The van der Waals surface area contributed by atoms with Gasteiger partial charge < -0.3 is 10.1 Å². The molecule has 2 rings (SSSR count). The lowest BCUT2D eigenvalue weighted by Gasteiger charge is -2.20. The molecule has 0 aliphatic carbocycles. The first kappa shape index (κ1) is 15.5. The first-order valence-electron chi connectivity index (χ1n) is 7.27. The Morgan fingerprint density at radius 3 is 2.48 bits per heavy atom. The Morgan fingerprint density at radius 2 is 1.86 bits per heavy atom. The molecule has 0 spiro atoms. The maximum Gasteiger partial charge on any atom is 0.169 e. The average Bonchev–Trinajstić information content (AvgIpc) is 2.49. The summed E-state index contributed by atoms with van der Waals surface area (Å²) >= 11 is 0. The molecule has 2 aromatic rings. The second-order valence-corrected chi connectivity index (χ2v) is 5.16. The summed E-state index contributed by atoms with van der Waals surface area (Å²) in [7, 11) is 1.49.